The van der Waals surface area contributed by atoms with Crippen molar-refractivity contribution >= 4 is 21.6 Å². The molecule has 0 aliphatic carbocycles. The zero-order valence-electron chi connectivity index (χ0n) is 10.3. The van der Waals surface area contributed by atoms with Crippen LogP contribution in [-0.2, 0) is 5.33 Å². The highest BCUT2D eigenvalue weighted by molar-refractivity contribution is 9.08. The number of nitro benzene ring substituents is 1. The van der Waals surface area contributed by atoms with Gasteiger partial charge < -0.3 is 4.74 Å². The van der Waals surface area contributed by atoms with Gasteiger partial charge in [0.2, 0.25) is 5.75 Å². The standard InChI is InChI=1S/C14H12BrNO3/c1-10-5-4-7-12(16(17)18)14(10)19-13-8-3-2-6-11(13)9-15/h2-8H,9H2,1H3. The van der Waals surface area contributed by atoms with E-state index in [1.54, 1.807) is 25.1 Å². The first kappa shape index (κ1) is 13.5. The first-order valence-electron chi connectivity index (χ1n) is 5.69. The Morgan fingerprint density at radius 1 is 1.21 bits per heavy atom. The Morgan fingerprint density at radius 2 is 1.95 bits per heavy atom. The van der Waals surface area contributed by atoms with Crippen LogP contribution in [0.4, 0.5) is 5.69 Å². The second kappa shape index (κ2) is 5.84. The number of hydrogen-bond acceptors (Lipinski definition) is 3. The highest BCUT2D eigenvalue weighted by Crippen LogP contribution is 2.35. The number of aryl methyl sites for hydroxylation is 1. The summed E-state index contributed by atoms with van der Waals surface area (Å²) in [5, 5.41) is 11.7. The van der Waals surface area contributed by atoms with Gasteiger partial charge in [0.15, 0.2) is 0 Å². The van der Waals surface area contributed by atoms with E-state index in [2.05, 4.69) is 15.9 Å². The van der Waals surface area contributed by atoms with Crippen molar-refractivity contribution in [2.45, 2.75) is 12.3 Å². The van der Waals surface area contributed by atoms with Gasteiger partial charge in [-0.1, -0.05) is 46.3 Å². The molecule has 98 valence electrons. The molecular weight excluding hydrogens is 310 g/mol. The van der Waals surface area contributed by atoms with Crippen molar-refractivity contribution in [1.82, 2.24) is 0 Å². The van der Waals surface area contributed by atoms with E-state index >= 15 is 0 Å². The summed E-state index contributed by atoms with van der Waals surface area (Å²) in [7, 11) is 0. The van der Waals surface area contributed by atoms with Crippen LogP contribution < -0.4 is 4.74 Å². The maximum absolute atomic E-state index is 11.0. The van der Waals surface area contributed by atoms with Gasteiger partial charge in [-0.15, -0.1) is 0 Å². The van der Waals surface area contributed by atoms with E-state index in [9.17, 15) is 10.1 Å². The van der Waals surface area contributed by atoms with Crippen LogP contribution in [0.5, 0.6) is 11.5 Å². The summed E-state index contributed by atoms with van der Waals surface area (Å²) in [5.74, 6) is 0.915. The summed E-state index contributed by atoms with van der Waals surface area (Å²) in [6.45, 7) is 1.79. The van der Waals surface area contributed by atoms with E-state index in [-0.39, 0.29) is 5.69 Å². The van der Waals surface area contributed by atoms with Crippen molar-refractivity contribution in [3.63, 3.8) is 0 Å². The van der Waals surface area contributed by atoms with Gasteiger partial charge in [0.25, 0.3) is 0 Å². The molecule has 4 nitrogen and oxygen atoms in total. The number of halogens is 1. The van der Waals surface area contributed by atoms with Crippen LogP contribution in [0.2, 0.25) is 0 Å². The highest BCUT2D eigenvalue weighted by atomic mass is 79.9. The van der Waals surface area contributed by atoms with Gasteiger partial charge in [-0.3, -0.25) is 10.1 Å². The Kier molecular flexibility index (Phi) is 4.16. The summed E-state index contributed by atoms with van der Waals surface area (Å²) in [6, 6.07) is 12.3. The van der Waals surface area contributed by atoms with Gasteiger partial charge >= 0.3 is 5.69 Å². The number of rotatable bonds is 4. The molecular formula is C14H12BrNO3. The molecule has 5 heteroatoms. The molecule has 0 radical (unpaired) electrons. The normalized spacial score (nSPS) is 10.2. The summed E-state index contributed by atoms with van der Waals surface area (Å²) < 4.78 is 5.75. The fraction of sp³-hybridized carbons (Fsp3) is 0.143. The number of nitro groups is 1. The maximum Gasteiger partial charge on any atom is 0.311 e. The molecule has 0 atom stereocenters. The minimum Gasteiger partial charge on any atom is -0.450 e. The summed E-state index contributed by atoms with van der Waals surface area (Å²) in [5.41, 5.74) is 1.66. The molecule has 0 aliphatic heterocycles. The Hall–Kier alpha value is -1.88. The molecule has 0 fully saturated rings. The molecule has 19 heavy (non-hydrogen) atoms. The summed E-state index contributed by atoms with van der Waals surface area (Å²) in [6.07, 6.45) is 0. The molecule has 0 amide bonds. The fourth-order valence-electron chi connectivity index (χ4n) is 1.74. The van der Waals surface area contributed by atoms with Crippen molar-refractivity contribution in [2.75, 3.05) is 0 Å². The second-order valence-electron chi connectivity index (χ2n) is 4.02. The average molecular weight is 322 g/mol. The molecule has 2 aromatic rings. The zero-order chi connectivity index (χ0) is 13.8. The monoisotopic (exact) mass is 321 g/mol. The largest absolute Gasteiger partial charge is 0.450 e. The Labute approximate surface area is 119 Å². The van der Waals surface area contributed by atoms with Crippen LogP contribution in [0.3, 0.4) is 0 Å². The van der Waals surface area contributed by atoms with Crippen LogP contribution in [0, 0.1) is 17.0 Å². The summed E-state index contributed by atoms with van der Waals surface area (Å²) in [4.78, 5) is 10.6. The number of alkyl halides is 1. The number of benzene rings is 2. The minimum absolute atomic E-state index is 0.0237. The Morgan fingerprint density at radius 3 is 2.63 bits per heavy atom. The third kappa shape index (κ3) is 2.93. The van der Waals surface area contributed by atoms with Gasteiger partial charge in [0.1, 0.15) is 5.75 Å². The molecule has 0 saturated carbocycles. The van der Waals surface area contributed by atoms with E-state index < -0.39 is 4.92 Å². The SMILES string of the molecule is Cc1cccc([N+](=O)[O-])c1Oc1ccccc1CBr. The Bertz CT molecular complexity index is 613. The third-order valence-corrected chi connectivity index (χ3v) is 3.32. The average Bonchev–Trinajstić information content (AvgIpc) is 2.41. The smallest absolute Gasteiger partial charge is 0.311 e. The number of hydrogen-bond donors (Lipinski definition) is 0. The van der Waals surface area contributed by atoms with Crippen LogP contribution in [-0.4, -0.2) is 4.92 Å². The predicted molar refractivity (Wildman–Crippen MR) is 77.0 cm³/mol. The van der Waals surface area contributed by atoms with Gasteiger partial charge in [-0.2, -0.15) is 0 Å². The lowest BCUT2D eigenvalue weighted by Crippen LogP contribution is -1.97. The van der Waals surface area contributed by atoms with E-state index in [1.165, 1.54) is 6.07 Å². The van der Waals surface area contributed by atoms with E-state index in [0.29, 0.717) is 16.8 Å². The van der Waals surface area contributed by atoms with E-state index in [4.69, 9.17) is 4.74 Å². The number of para-hydroxylation sites is 2. The van der Waals surface area contributed by atoms with Crippen molar-refractivity contribution in [3.05, 3.63) is 63.7 Å². The lowest BCUT2D eigenvalue weighted by molar-refractivity contribution is -0.385. The minimum atomic E-state index is -0.431. The van der Waals surface area contributed by atoms with E-state index in [1.807, 2.05) is 18.2 Å². The second-order valence-corrected chi connectivity index (χ2v) is 4.58. The van der Waals surface area contributed by atoms with Crippen LogP contribution in [0.25, 0.3) is 0 Å². The van der Waals surface area contributed by atoms with Crippen molar-refractivity contribution in [2.24, 2.45) is 0 Å². The molecule has 0 N–H and O–H groups in total. The first-order valence-corrected chi connectivity index (χ1v) is 6.81. The van der Waals surface area contributed by atoms with E-state index in [0.717, 1.165) is 11.1 Å². The van der Waals surface area contributed by atoms with Gasteiger partial charge in [-0.05, 0) is 18.6 Å². The molecule has 2 aromatic carbocycles. The predicted octanol–water partition coefficient (Wildman–Crippen LogP) is 4.59. The lowest BCUT2D eigenvalue weighted by atomic mass is 10.2. The molecule has 0 heterocycles. The topological polar surface area (TPSA) is 52.4 Å². The van der Waals surface area contributed by atoms with Crippen molar-refractivity contribution < 1.29 is 9.66 Å². The molecule has 2 rings (SSSR count). The quantitative estimate of drug-likeness (QED) is 0.470. The lowest BCUT2D eigenvalue weighted by Gasteiger charge is -2.11. The van der Waals surface area contributed by atoms with Gasteiger partial charge in [0, 0.05) is 17.0 Å². The Balaban J connectivity index is 2.46. The van der Waals surface area contributed by atoms with Crippen molar-refractivity contribution in [1.29, 1.82) is 0 Å². The molecule has 0 saturated heterocycles. The zero-order valence-corrected chi connectivity index (χ0v) is 11.9. The number of ether oxygens (including phenoxy) is 1. The van der Waals surface area contributed by atoms with Gasteiger partial charge in [0.05, 0.1) is 4.92 Å². The molecule has 0 spiro atoms. The maximum atomic E-state index is 11.0. The van der Waals surface area contributed by atoms with Gasteiger partial charge in [-0.25, -0.2) is 0 Å². The third-order valence-electron chi connectivity index (χ3n) is 2.72. The first-order chi connectivity index (χ1) is 9.13. The molecule has 0 aliphatic rings. The van der Waals surface area contributed by atoms with Crippen LogP contribution in [0.15, 0.2) is 42.5 Å². The van der Waals surface area contributed by atoms with Crippen molar-refractivity contribution in [3.8, 4) is 11.5 Å². The highest BCUT2D eigenvalue weighted by Gasteiger charge is 2.18. The summed E-state index contributed by atoms with van der Waals surface area (Å²) >= 11 is 3.37. The molecule has 0 unspecified atom stereocenters. The molecule has 0 aromatic heterocycles. The molecule has 0 bridgehead atoms. The fourth-order valence-corrected chi connectivity index (χ4v) is 2.20. The number of nitrogens with zero attached hydrogens (tertiary/aromatic N) is 1. The van der Waals surface area contributed by atoms with Crippen LogP contribution in [0.1, 0.15) is 11.1 Å². The van der Waals surface area contributed by atoms with Crippen LogP contribution >= 0.6 is 15.9 Å².